The van der Waals surface area contributed by atoms with Crippen molar-refractivity contribution in [2.24, 2.45) is 11.7 Å². The van der Waals surface area contributed by atoms with Gasteiger partial charge in [0.2, 0.25) is 11.8 Å². The zero-order valence-electron chi connectivity index (χ0n) is 13.7. The Hall–Kier alpha value is -1.92. The molecule has 1 aromatic rings. The molecule has 0 radical (unpaired) electrons. The minimum atomic E-state index is -0.0541. The van der Waals surface area contributed by atoms with E-state index in [1.165, 1.54) is 0 Å². The maximum absolute atomic E-state index is 12.2. The van der Waals surface area contributed by atoms with Gasteiger partial charge in [-0.25, -0.2) is 0 Å². The molecule has 0 bridgehead atoms. The summed E-state index contributed by atoms with van der Waals surface area (Å²) in [4.78, 5) is 26.3. The van der Waals surface area contributed by atoms with Crippen LogP contribution in [0.15, 0.2) is 24.3 Å². The standard InChI is InChI=1S/C17H26N4O2/c1-13-5-2-3-7-15(13)20-16(22)12-21-10-4-6-14(11-21)17(23)19-9-8-18/h2-3,5,7,14H,4,6,8-12,18H2,1H3,(H,19,23)(H,20,22). The molecule has 23 heavy (non-hydrogen) atoms. The molecule has 1 aromatic carbocycles. The van der Waals surface area contributed by atoms with Gasteiger partial charge in [0.1, 0.15) is 0 Å². The number of nitrogens with zero attached hydrogens (tertiary/aromatic N) is 1. The quantitative estimate of drug-likeness (QED) is 0.721. The van der Waals surface area contributed by atoms with Crippen LogP contribution in [0.3, 0.4) is 0 Å². The van der Waals surface area contributed by atoms with Crippen LogP contribution in [0.2, 0.25) is 0 Å². The number of nitrogens with one attached hydrogen (secondary N) is 2. The second kappa shape index (κ2) is 8.64. The highest BCUT2D eigenvalue weighted by Gasteiger charge is 2.26. The van der Waals surface area contributed by atoms with Crippen LogP contribution in [-0.2, 0) is 9.59 Å². The van der Waals surface area contributed by atoms with Gasteiger partial charge in [0.25, 0.3) is 0 Å². The molecule has 126 valence electrons. The van der Waals surface area contributed by atoms with E-state index in [-0.39, 0.29) is 17.7 Å². The molecular weight excluding hydrogens is 292 g/mol. The van der Waals surface area contributed by atoms with E-state index < -0.39 is 0 Å². The molecule has 1 atom stereocenters. The number of piperidine rings is 1. The highest BCUT2D eigenvalue weighted by Crippen LogP contribution is 2.17. The lowest BCUT2D eigenvalue weighted by Gasteiger charge is -2.31. The number of carbonyl (C=O) groups excluding carboxylic acids is 2. The molecule has 2 amide bonds. The van der Waals surface area contributed by atoms with E-state index in [0.717, 1.165) is 30.6 Å². The van der Waals surface area contributed by atoms with Crippen molar-refractivity contribution < 1.29 is 9.59 Å². The summed E-state index contributed by atoms with van der Waals surface area (Å²) >= 11 is 0. The average Bonchev–Trinajstić information content (AvgIpc) is 2.55. The zero-order valence-corrected chi connectivity index (χ0v) is 13.7. The average molecular weight is 318 g/mol. The number of hydrogen-bond donors (Lipinski definition) is 3. The van der Waals surface area contributed by atoms with Crippen molar-refractivity contribution >= 4 is 17.5 Å². The van der Waals surface area contributed by atoms with E-state index >= 15 is 0 Å². The van der Waals surface area contributed by atoms with Gasteiger partial charge in [-0.2, -0.15) is 0 Å². The number of aryl methyl sites for hydroxylation is 1. The molecule has 1 fully saturated rings. The molecule has 0 aliphatic carbocycles. The summed E-state index contributed by atoms with van der Waals surface area (Å²) in [5, 5.41) is 5.77. The molecule has 6 heteroatoms. The van der Waals surface area contributed by atoms with Crippen LogP contribution in [0.4, 0.5) is 5.69 Å². The van der Waals surface area contributed by atoms with Gasteiger partial charge >= 0.3 is 0 Å². The third-order valence-corrected chi connectivity index (χ3v) is 4.11. The monoisotopic (exact) mass is 318 g/mol. The van der Waals surface area contributed by atoms with Gasteiger partial charge in [-0.05, 0) is 37.9 Å². The first-order valence-corrected chi connectivity index (χ1v) is 8.15. The van der Waals surface area contributed by atoms with Gasteiger partial charge in [-0.3, -0.25) is 14.5 Å². The van der Waals surface area contributed by atoms with Crippen molar-refractivity contribution in [3.05, 3.63) is 29.8 Å². The predicted molar refractivity (Wildman–Crippen MR) is 91.0 cm³/mol. The number of carbonyl (C=O) groups is 2. The molecule has 1 aliphatic heterocycles. The number of hydrogen-bond acceptors (Lipinski definition) is 4. The van der Waals surface area contributed by atoms with Crippen molar-refractivity contribution in [3.8, 4) is 0 Å². The smallest absolute Gasteiger partial charge is 0.238 e. The van der Waals surface area contributed by atoms with Crippen LogP contribution in [0.25, 0.3) is 0 Å². The summed E-state index contributed by atoms with van der Waals surface area (Å²) in [5.74, 6) is -0.0525. The van der Waals surface area contributed by atoms with Crippen LogP contribution in [-0.4, -0.2) is 49.4 Å². The number of para-hydroxylation sites is 1. The Bertz CT molecular complexity index is 547. The largest absolute Gasteiger partial charge is 0.355 e. The number of anilines is 1. The Morgan fingerprint density at radius 1 is 1.35 bits per heavy atom. The first kappa shape index (κ1) is 17.4. The lowest BCUT2D eigenvalue weighted by atomic mass is 9.97. The maximum atomic E-state index is 12.2. The number of benzene rings is 1. The molecule has 0 spiro atoms. The lowest BCUT2D eigenvalue weighted by molar-refractivity contribution is -0.127. The van der Waals surface area contributed by atoms with Crippen molar-refractivity contribution in [2.75, 3.05) is 38.0 Å². The van der Waals surface area contributed by atoms with E-state index in [9.17, 15) is 9.59 Å². The summed E-state index contributed by atoms with van der Waals surface area (Å²) < 4.78 is 0. The van der Waals surface area contributed by atoms with Gasteiger partial charge < -0.3 is 16.4 Å². The molecule has 1 aliphatic rings. The van der Waals surface area contributed by atoms with Crippen molar-refractivity contribution in [2.45, 2.75) is 19.8 Å². The Labute approximate surface area is 137 Å². The summed E-state index contributed by atoms with van der Waals surface area (Å²) in [7, 11) is 0. The van der Waals surface area contributed by atoms with Gasteiger partial charge in [0.15, 0.2) is 0 Å². The fourth-order valence-corrected chi connectivity index (χ4v) is 2.86. The Kier molecular flexibility index (Phi) is 6.55. The van der Waals surface area contributed by atoms with E-state index in [1.807, 2.05) is 36.1 Å². The Morgan fingerprint density at radius 2 is 2.13 bits per heavy atom. The van der Waals surface area contributed by atoms with Crippen LogP contribution in [0.5, 0.6) is 0 Å². The molecule has 6 nitrogen and oxygen atoms in total. The molecule has 1 unspecified atom stereocenters. The number of nitrogens with two attached hydrogens (primary N) is 1. The van der Waals surface area contributed by atoms with Crippen molar-refractivity contribution in [3.63, 3.8) is 0 Å². The normalized spacial score (nSPS) is 18.4. The topological polar surface area (TPSA) is 87.5 Å². The van der Waals surface area contributed by atoms with Crippen molar-refractivity contribution in [1.29, 1.82) is 0 Å². The Balaban J connectivity index is 1.83. The predicted octanol–water partition coefficient (Wildman–Crippen LogP) is 0.720. The van der Waals surface area contributed by atoms with Gasteiger partial charge in [0, 0.05) is 25.3 Å². The molecule has 0 saturated carbocycles. The molecule has 4 N–H and O–H groups in total. The van der Waals surface area contributed by atoms with Crippen LogP contribution >= 0.6 is 0 Å². The fraction of sp³-hybridized carbons (Fsp3) is 0.529. The fourth-order valence-electron chi connectivity index (χ4n) is 2.86. The number of likely N-dealkylation sites (tertiary alicyclic amines) is 1. The summed E-state index contributed by atoms with van der Waals surface area (Å²) in [6, 6.07) is 7.71. The molecular formula is C17H26N4O2. The maximum Gasteiger partial charge on any atom is 0.238 e. The SMILES string of the molecule is Cc1ccccc1NC(=O)CN1CCCC(C(=O)NCCN)C1. The molecule has 1 saturated heterocycles. The van der Waals surface area contributed by atoms with Gasteiger partial charge in [0.05, 0.1) is 12.5 Å². The summed E-state index contributed by atoms with van der Waals surface area (Å²) in [5.41, 5.74) is 7.29. The van der Waals surface area contributed by atoms with E-state index in [4.69, 9.17) is 5.73 Å². The van der Waals surface area contributed by atoms with E-state index in [2.05, 4.69) is 10.6 Å². The second-order valence-corrected chi connectivity index (χ2v) is 6.02. The Morgan fingerprint density at radius 3 is 2.87 bits per heavy atom. The molecule has 1 heterocycles. The third-order valence-electron chi connectivity index (χ3n) is 4.11. The van der Waals surface area contributed by atoms with Gasteiger partial charge in [-0.15, -0.1) is 0 Å². The van der Waals surface area contributed by atoms with Gasteiger partial charge in [-0.1, -0.05) is 18.2 Å². The summed E-state index contributed by atoms with van der Waals surface area (Å²) in [6.07, 6.45) is 1.80. The zero-order chi connectivity index (χ0) is 16.7. The number of rotatable bonds is 6. The number of amides is 2. The van der Waals surface area contributed by atoms with Crippen LogP contribution < -0.4 is 16.4 Å². The highest BCUT2D eigenvalue weighted by atomic mass is 16.2. The first-order chi connectivity index (χ1) is 11.1. The second-order valence-electron chi connectivity index (χ2n) is 6.02. The third kappa shape index (κ3) is 5.33. The van der Waals surface area contributed by atoms with E-state index in [1.54, 1.807) is 0 Å². The minimum absolute atomic E-state index is 0.0395. The van der Waals surface area contributed by atoms with Crippen LogP contribution in [0, 0.1) is 12.8 Å². The lowest BCUT2D eigenvalue weighted by Crippen LogP contribution is -2.46. The molecule has 2 rings (SSSR count). The molecule has 0 aromatic heterocycles. The first-order valence-electron chi connectivity index (χ1n) is 8.15. The summed E-state index contributed by atoms with van der Waals surface area (Å²) in [6.45, 7) is 4.70. The minimum Gasteiger partial charge on any atom is -0.355 e. The van der Waals surface area contributed by atoms with Crippen molar-refractivity contribution in [1.82, 2.24) is 10.2 Å². The highest BCUT2D eigenvalue weighted by molar-refractivity contribution is 5.93. The van der Waals surface area contributed by atoms with Crippen LogP contribution in [0.1, 0.15) is 18.4 Å². The van der Waals surface area contributed by atoms with E-state index in [0.29, 0.717) is 26.2 Å².